The average molecular weight is 196 g/mol. The summed E-state index contributed by atoms with van der Waals surface area (Å²) in [6.45, 7) is 7.62. The average Bonchev–Trinajstić information content (AvgIpc) is 2.47. The van der Waals surface area contributed by atoms with Gasteiger partial charge < -0.3 is 15.0 Å². The summed E-state index contributed by atoms with van der Waals surface area (Å²) in [5.74, 6) is 0.0902. The number of nitrogens with two attached hydrogens (primary N) is 1. The number of aromatic nitrogens is 1. The van der Waals surface area contributed by atoms with Crippen molar-refractivity contribution in [2.24, 2.45) is 5.73 Å². The van der Waals surface area contributed by atoms with Crippen molar-refractivity contribution in [1.82, 2.24) is 5.16 Å². The zero-order chi connectivity index (χ0) is 10.7. The van der Waals surface area contributed by atoms with E-state index in [4.69, 9.17) is 15.0 Å². The molecule has 0 unspecified atom stereocenters. The van der Waals surface area contributed by atoms with Crippen LogP contribution in [0.25, 0.3) is 5.76 Å². The first-order valence-corrected chi connectivity index (χ1v) is 4.16. The minimum atomic E-state index is -0.623. The maximum Gasteiger partial charge on any atom is 0.271 e. The van der Waals surface area contributed by atoms with Crippen molar-refractivity contribution >= 4 is 11.7 Å². The maximum absolute atomic E-state index is 10.8. The molecule has 0 aliphatic carbocycles. The highest BCUT2D eigenvalue weighted by molar-refractivity contribution is 5.92. The van der Waals surface area contributed by atoms with Crippen molar-refractivity contribution in [2.45, 2.75) is 13.8 Å². The van der Waals surface area contributed by atoms with Crippen molar-refractivity contribution in [2.75, 3.05) is 6.61 Å². The zero-order valence-corrected chi connectivity index (χ0v) is 8.16. The number of nitrogens with zero attached hydrogens (tertiary/aromatic N) is 1. The fourth-order valence-corrected chi connectivity index (χ4v) is 1.07. The second-order valence-electron chi connectivity index (χ2n) is 2.71. The van der Waals surface area contributed by atoms with Crippen LogP contribution in [-0.2, 0) is 4.74 Å². The Hall–Kier alpha value is -1.78. The number of carbonyl (C=O) groups is 1. The molecule has 2 N–H and O–H groups in total. The molecule has 5 nitrogen and oxygen atoms in total. The normalized spacial score (nSPS) is 9.86. The molecule has 76 valence electrons. The lowest BCUT2D eigenvalue weighted by Crippen LogP contribution is -2.12. The van der Waals surface area contributed by atoms with E-state index in [1.165, 1.54) is 0 Å². The molecular formula is C9H12N2O3. The second kappa shape index (κ2) is 3.95. The van der Waals surface area contributed by atoms with Gasteiger partial charge in [-0.05, 0) is 13.8 Å². The van der Waals surface area contributed by atoms with E-state index in [-0.39, 0.29) is 5.69 Å². The maximum atomic E-state index is 10.8. The molecule has 0 bridgehead atoms. The molecule has 0 saturated heterocycles. The molecule has 0 spiro atoms. The summed E-state index contributed by atoms with van der Waals surface area (Å²) < 4.78 is 10.0. The van der Waals surface area contributed by atoms with Crippen LogP contribution >= 0.6 is 0 Å². The fraction of sp³-hybridized carbons (Fsp3) is 0.333. The van der Waals surface area contributed by atoms with Gasteiger partial charge in [0.05, 0.1) is 6.61 Å². The summed E-state index contributed by atoms with van der Waals surface area (Å²) in [7, 11) is 0. The Labute approximate surface area is 81.5 Å². The van der Waals surface area contributed by atoms with Gasteiger partial charge in [0.15, 0.2) is 11.5 Å². The third kappa shape index (κ3) is 1.76. The SMILES string of the molecule is C=C(OCC)c1onc(C(N)=O)c1C. The van der Waals surface area contributed by atoms with Crippen molar-refractivity contribution in [3.63, 3.8) is 0 Å². The van der Waals surface area contributed by atoms with Crippen LogP contribution in [0, 0.1) is 6.92 Å². The van der Waals surface area contributed by atoms with Gasteiger partial charge in [-0.25, -0.2) is 0 Å². The summed E-state index contributed by atoms with van der Waals surface area (Å²) in [6, 6.07) is 0. The van der Waals surface area contributed by atoms with Gasteiger partial charge in [-0.1, -0.05) is 11.7 Å². The van der Waals surface area contributed by atoms with Gasteiger partial charge >= 0.3 is 0 Å². The topological polar surface area (TPSA) is 78.3 Å². The molecule has 0 aliphatic rings. The molecule has 0 radical (unpaired) electrons. The smallest absolute Gasteiger partial charge is 0.271 e. The molecule has 1 heterocycles. The van der Waals surface area contributed by atoms with E-state index in [1.54, 1.807) is 6.92 Å². The quantitative estimate of drug-likeness (QED) is 0.731. The van der Waals surface area contributed by atoms with Gasteiger partial charge in [0.1, 0.15) is 0 Å². The molecule has 1 aromatic heterocycles. The summed E-state index contributed by atoms with van der Waals surface area (Å²) in [4.78, 5) is 10.8. The van der Waals surface area contributed by atoms with E-state index >= 15 is 0 Å². The van der Waals surface area contributed by atoms with Crippen molar-refractivity contribution in [3.05, 3.63) is 23.6 Å². The highest BCUT2D eigenvalue weighted by Crippen LogP contribution is 2.20. The van der Waals surface area contributed by atoms with Crippen LogP contribution in [0.1, 0.15) is 28.7 Å². The number of hydrogen-bond acceptors (Lipinski definition) is 4. The standard InChI is InChI=1S/C9H12N2O3/c1-4-13-6(3)8-5(2)7(9(10)12)11-14-8/h3-4H2,1-2H3,(H2,10,12). The molecule has 1 aromatic rings. The summed E-state index contributed by atoms with van der Waals surface area (Å²) in [6.07, 6.45) is 0. The minimum Gasteiger partial charge on any atom is -0.490 e. The largest absolute Gasteiger partial charge is 0.490 e. The van der Waals surface area contributed by atoms with E-state index in [1.807, 2.05) is 6.92 Å². The van der Waals surface area contributed by atoms with E-state index in [0.29, 0.717) is 23.7 Å². The lowest BCUT2D eigenvalue weighted by atomic mass is 10.2. The molecule has 0 fully saturated rings. The Bertz CT molecular complexity index is 368. The molecule has 1 amide bonds. The summed E-state index contributed by atoms with van der Waals surface area (Å²) >= 11 is 0. The van der Waals surface area contributed by atoms with Crippen LogP contribution in [0.15, 0.2) is 11.1 Å². The van der Waals surface area contributed by atoms with Crippen molar-refractivity contribution in [3.8, 4) is 0 Å². The van der Waals surface area contributed by atoms with E-state index < -0.39 is 5.91 Å². The third-order valence-corrected chi connectivity index (χ3v) is 1.73. The molecule has 0 atom stereocenters. The van der Waals surface area contributed by atoms with E-state index in [2.05, 4.69) is 11.7 Å². The monoisotopic (exact) mass is 196 g/mol. The Morgan fingerprint density at radius 1 is 1.71 bits per heavy atom. The summed E-state index contributed by atoms with van der Waals surface area (Å²) in [5.41, 5.74) is 5.73. The van der Waals surface area contributed by atoms with Crippen LogP contribution in [0.2, 0.25) is 0 Å². The van der Waals surface area contributed by atoms with Gasteiger partial charge in [-0.2, -0.15) is 0 Å². The number of hydrogen-bond donors (Lipinski definition) is 1. The lowest BCUT2D eigenvalue weighted by Gasteiger charge is -2.02. The highest BCUT2D eigenvalue weighted by Gasteiger charge is 2.18. The number of carbonyl (C=O) groups excluding carboxylic acids is 1. The first-order chi connectivity index (χ1) is 6.57. The predicted molar refractivity (Wildman–Crippen MR) is 50.4 cm³/mol. The second-order valence-corrected chi connectivity index (χ2v) is 2.71. The zero-order valence-electron chi connectivity index (χ0n) is 8.16. The van der Waals surface area contributed by atoms with Gasteiger partial charge in [-0.3, -0.25) is 4.79 Å². The molecule has 0 aliphatic heterocycles. The van der Waals surface area contributed by atoms with Crippen LogP contribution in [0.4, 0.5) is 0 Å². The van der Waals surface area contributed by atoms with Crippen LogP contribution in [0.5, 0.6) is 0 Å². The van der Waals surface area contributed by atoms with Crippen LogP contribution in [-0.4, -0.2) is 17.7 Å². The van der Waals surface area contributed by atoms with Gasteiger partial charge in [0.25, 0.3) is 5.91 Å². The van der Waals surface area contributed by atoms with Gasteiger partial charge in [-0.15, -0.1) is 0 Å². The van der Waals surface area contributed by atoms with Crippen LogP contribution < -0.4 is 5.73 Å². The number of primary amides is 1. The Morgan fingerprint density at radius 2 is 2.36 bits per heavy atom. The molecule has 0 saturated carbocycles. The van der Waals surface area contributed by atoms with Gasteiger partial charge in [0.2, 0.25) is 5.76 Å². The molecule has 0 aromatic carbocycles. The summed E-state index contributed by atoms with van der Waals surface area (Å²) in [5, 5.41) is 3.53. The molecule has 1 rings (SSSR count). The Balaban J connectivity index is 3.00. The fourth-order valence-electron chi connectivity index (χ4n) is 1.07. The lowest BCUT2D eigenvalue weighted by molar-refractivity contribution is 0.0991. The van der Waals surface area contributed by atoms with E-state index in [0.717, 1.165) is 0 Å². The molecular weight excluding hydrogens is 184 g/mol. The van der Waals surface area contributed by atoms with Crippen molar-refractivity contribution in [1.29, 1.82) is 0 Å². The first-order valence-electron chi connectivity index (χ1n) is 4.16. The number of amides is 1. The third-order valence-electron chi connectivity index (χ3n) is 1.73. The number of rotatable bonds is 4. The highest BCUT2D eigenvalue weighted by atomic mass is 16.5. The predicted octanol–water partition coefficient (Wildman–Crippen LogP) is 1.09. The van der Waals surface area contributed by atoms with E-state index in [9.17, 15) is 4.79 Å². The first kappa shape index (κ1) is 10.3. The van der Waals surface area contributed by atoms with Crippen molar-refractivity contribution < 1.29 is 14.1 Å². The molecule has 14 heavy (non-hydrogen) atoms. The number of ether oxygens (including phenoxy) is 1. The Morgan fingerprint density at radius 3 is 2.79 bits per heavy atom. The minimum absolute atomic E-state index is 0.112. The molecule has 5 heteroatoms. The van der Waals surface area contributed by atoms with Crippen LogP contribution in [0.3, 0.4) is 0 Å². The Kier molecular flexibility index (Phi) is 2.91. The van der Waals surface area contributed by atoms with Gasteiger partial charge in [0, 0.05) is 5.56 Å².